The molecule has 1 saturated heterocycles. The molecule has 3 heteroatoms. The average Bonchev–Trinajstić information content (AvgIpc) is 2.57. The van der Waals surface area contributed by atoms with E-state index in [9.17, 15) is 0 Å². The van der Waals surface area contributed by atoms with Crippen LogP contribution < -0.4 is 5.32 Å². The highest BCUT2D eigenvalue weighted by Gasteiger charge is 2.30. The van der Waals surface area contributed by atoms with Gasteiger partial charge in [0, 0.05) is 31.7 Å². The lowest BCUT2D eigenvalue weighted by atomic mass is 9.90. The molecule has 108 valence electrons. The minimum atomic E-state index is 0.497. The Bertz CT molecular complexity index is 236. The van der Waals surface area contributed by atoms with E-state index in [4.69, 9.17) is 0 Å². The maximum absolute atomic E-state index is 3.67. The fourth-order valence-electron chi connectivity index (χ4n) is 2.71. The first-order valence-corrected chi connectivity index (χ1v) is 7.42. The van der Waals surface area contributed by atoms with Gasteiger partial charge in [-0.05, 0) is 52.7 Å². The van der Waals surface area contributed by atoms with Crippen molar-refractivity contribution in [3.05, 3.63) is 0 Å². The Hall–Kier alpha value is -0.120. The van der Waals surface area contributed by atoms with Crippen molar-refractivity contribution >= 4 is 0 Å². The molecule has 0 radical (unpaired) electrons. The van der Waals surface area contributed by atoms with Crippen LogP contribution in [0.2, 0.25) is 0 Å². The van der Waals surface area contributed by atoms with Crippen LogP contribution in [-0.2, 0) is 0 Å². The van der Waals surface area contributed by atoms with E-state index in [2.05, 4.69) is 56.9 Å². The standard InChI is InChI=1S/C15H33N3/c1-13(2)18(10-9-17(5)6)8-7-14-11-15(3,4)12-16-14/h13-14,16H,7-12H2,1-6H3. The largest absolute Gasteiger partial charge is 0.313 e. The summed E-state index contributed by atoms with van der Waals surface area (Å²) in [4.78, 5) is 4.87. The smallest absolute Gasteiger partial charge is 0.0112 e. The molecule has 0 aliphatic carbocycles. The molecule has 1 fully saturated rings. The van der Waals surface area contributed by atoms with E-state index in [1.807, 2.05) is 0 Å². The lowest BCUT2D eigenvalue weighted by Crippen LogP contribution is -2.39. The molecule has 1 rings (SSSR count). The minimum Gasteiger partial charge on any atom is -0.313 e. The SMILES string of the molecule is CC(C)N(CCC1CC(C)(C)CN1)CCN(C)C. The number of likely N-dealkylation sites (N-methyl/N-ethyl adjacent to an activating group) is 1. The summed E-state index contributed by atoms with van der Waals surface area (Å²) in [6.07, 6.45) is 2.61. The first kappa shape index (κ1) is 15.9. The molecule has 3 nitrogen and oxygen atoms in total. The molecule has 0 spiro atoms. The van der Waals surface area contributed by atoms with Gasteiger partial charge in [-0.3, -0.25) is 4.90 Å². The Morgan fingerprint density at radius 2 is 1.83 bits per heavy atom. The maximum Gasteiger partial charge on any atom is 0.0112 e. The molecule has 18 heavy (non-hydrogen) atoms. The molecular weight excluding hydrogens is 222 g/mol. The Labute approximate surface area is 114 Å². The highest BCUT2D eigenvalue weighted by Crippen LogP contribution is 2.28. The zero-order valence-corrected chi connectivity index (χ0v) is 13.3. The summed E-state index contributed by atoms with van der Waals surface area (Å²) < 4.78 is 0. The Balaban J connectivity index is 2.29. The van der Waals surface area contributed by atoms with Gasteiger partial charge >= 0.3 is 0 Å². The second-order valence-electron chi connectivity index (χ2n) is 7.17. The van der Waals surface area contributed by atoms with E-state index in [0.717, 1.165) is 12.6 Å². The predicted octanol–water partition coefficient (Wildman–Crippen LogP) is 2.04. The molecule has 1 aliphatic rings. The zero-order chi connectivity index (χ0) is 13.8. The van der Waals surface area contributed by atoms with Crippen LogP contribution in [0.5, 0.6) is 0 Å². The fraction of sp³-hybridized carbons (Fsp3) is 1.00. The van der Waals surface area contributed by atoms with Crippen molar-refractivity contribution in [1.82, 2.24) is 15.1 Å². The molecule has 0 bridgehead atoms. The molecule has 0 aromatic heterocycles. The van der Waals surface area contributed by atoms with Crippen molar-refractivity contribution in [2.24, 2.45) is 5.41 Å². The first-order chi connectivity index (χ1) is 8.30. The number of hydrogen-bond acceptors (Lipinski definition) is 3. The third-order valence-corrected chi connectivity index (χ3v) is 4.00. The minimum absolute atomic E-state index is 0.497. The van der Waals surface area contributed by atoms with Gasteiger partial charge in [0.1, 0.15) is 0 Å². The lowest BCUT2D eigenvalue weighted by Gasteiger charge is -2.29. The van der Waals surface area contributed by atoms with Crippen molar-refractivity contribution in [2.75, 3.05) is 40.3 Å². The van der Waals surface area contributed by atoms with Gasteiger partial charge in [0.15, 0.2) is 0 Å². The Kier molecular flexibility index (Phi) is 6.09. The Morgan fingerprint density at radius 3 is 2.28 bits per heavy atom. The third kappa shape index (κ3) is 5.68. The molecule has 1 N–H and O–H groups in total. The van der Waals surface area contributed by atoms with Crippen LogP contribution in [0.3, 0.4) is 0 Å². The maximum atomic E-state index is 3.67. The van der Waals surface area contributed by atoms with Crippen molar-refractivity contribution in [1.29, 1.82) is 0 Å². The normalized spacial score (nSPS) is 23.5. The molecular formula is C15H33N3. The van der Waals surface area contributed by atoms with Crippen LogP contribution in [0.1, 0.15) is 40.5 Å². The monoisotopic (exact) mass is 255 g/mol. The fourth-order valence-corrected chi connectivity index (χ4v) is 2.71. The van der Waals surface area contributed by atoms with Crippen molar-refractivity contribution in [3.8, 4) is 0 Å². The van der Waals surface area contributed by atoms with Crippen LogP contribution in [0.15, 0.2) is 0 Å². The highest BCUT2D eigenvalue weighted by atomic mass is 15.2. The van der Waals surface area contributed by atoms with Gasteiger partial charge in [0.25, 0.3) is 0 Å². The third-order valence-electron chi connectivity index (χ3n) is 4.00. The number of nitrogens with zero attached hydrogens (tertiary/aromatic N) is 2. The number of hydrogen-bond donors (Lipinski definition) is 1. The van der Waals surface area contributed by atoms with E-state index in [-0.39, 0.29) is 0 Å². The van der Waals surface area contributed by atoms with E-state index >= 15 is 0 Å². The van der Waals surface area contributed by atoms with Gasteiger partial charge in [-0.15, -0.1) is 0 Å². The van der Waals surface area contributed by atoms with Crippen LogP contribution in [0, 0.1) is 5.41 Å². The van der Waals surface area contributed by atoms with Gasteiger partial charge < -0.3 is 10.2 Å². The lowest BCUT2D eigenvalue weighted by molar-refractivity contribution is 0.190. The van der Waals surface area contributed by atoms with Crippen LogP contribution in [-0.4, -0.2) is 62.2 Å². The first-order valence-electron chi connectivity index (χ1n) is 7.42. The topological polar surface area (TPSA) is 18.5 Å². The molecule has 1 unspecified atom stereocenters. The number of rotatable bonds is 7. The molecule has 1 aliphatic heterocycles. The van der Waals surface area contributed by atoms with Crippen molar-refractivity contribution < 1.29 is 0 Å². The quantitative estimate of drug-likeness (QED) is 0.751. The van der Waals surface area contributed by atoms with Crippen molar-refractivity contribution in [2.45, 2.75) is 52.6 Å². The highest BCUT2D eigenvalue weighted by molar-refractivity contribution is 4.88. The summed E-state index contributed by atoms with van der Waals surface area (Å²) in [6, 6.07) is 1.37. The molecule has 0 aromatic rings. The van der Waals surface area contributed by atoms with E-state index in [0.29, 0.717) is 11.5 Å². The van der Waals surface area contributed by atoms with Gasteiger partial charge in [-0.2, -0.15) is 0 Å². The van der Waals surface area contributed by atoms with E-state index in [1.165, 1.54) is 32.5 Å². The summed E-state index contributed by atoms with van der Waals surface area (Å²) in [6.45, 7) is 14.1. The number of nitrogens with one attached hydrogen (secondary N) is 1. The van der Waals surface area contributed by atoms with Crippen LogP contribution >= 0.6 is 0 Å². The summed E-state index contributed by atoms with van der Waals surface area (Å²) in [7, 11) is 4.30. The van der Waals surface area contributed by atoms with Crippen LogP contribution in [0.4, 0.5) is 0 Å². The van der Waals surface area contributed by atoms with Gasteiger partial charge in [0.05, 0.1) is 0 Å². The second-order valence-corrected chi connectivity index (χ2v) is 7.17. The van der Waals surface area contributed by atoms with Crippen molar-refractivity contribution in [3.63, 3.8) is 0 Å². The molecule has 0 aromatic carbocycles. The molecule has 1 atom stereocenters. The van der Waals surface area contributed by atoms with Crippen LogP contribution in [0.25, 0.3) is 0 Å². The molecule has 1 heterocycles. The second kappa shape index (κ2) is 6.88. The Morgan fingerprint density at radius 1 is 1.17 bits per heavy atom. The summed E-state index contributed by atoms with van der Waals surface area (Å²) in [5.74, 6) is 0. The predicted molar refractivity (Wildman–Crippen MR) is 80.1 cm³/mol. The van der Waals surface area contributed by atoms with Gasteiger partial charge in [-0.25, -0.2) is 0 Å². The van der Waals surface area contributed by atoms with E-state index < -0.39 is 0 Å². The van der Waals surface area contributed by atoms with E-state index in [1.54, 1.807) is 0 Å². The molecule has 0 amide bonds. The van der Waals surface area contributed by atoms with Gasteiger partial charge in [0.2, 0.25) is 0 Å². The summed E-state index contributed by atoms with van der Waals surface area (Å²) in [5.41, 5.74) is 0.497. The summed E-state index contributed by atoms with van der Waals surface area (Å²) >= 11 is 0. The van der Waals surface area contributed by atoms with Gasteiger partial charge in [-0.1, -0.05) is 13.8 Å². The summed E-state index contributed by atoms with van der Waals surface area (Å²) in [5, 5.41) is 3.67. The molecule has 0 saturated carbocycles. The average molecular weight is 255 g/mol. The zero-order valence-electron chi connectivity index (χ0n) is 13.3.